The first-order valence-electron chi connectivity index (χ1n) is 6.71. The van der Waals surface area contributed by atoms with Crippen LogP contribution in [0.5, 0.6) is 0 Å². The summed E-state index contributed by atoms with van der Waals surface area (Å²) in [5.41, 5.74) is 4.24. The van der Waals surface area contributed by atoms with E-state index in [0.717, 1.165) is 33.4 Å². The molecule has 0 amide bonds. The molecule has 1 nitrogen and oxygen atoms in total. The fourth-order valence-corrected chi connectivity index (χ4v) is 2.49. The van der Waals surface area contributed by atoms with Gasteiger partial charge in [0, 0.05) is 16.5 Å². The lowest BCUT2D eigenvalue weighted by molar-refractivity contribution is 0.604. The SMILES string of the molecule is C=Cc1c(/C=C\C)oc2c(-c3ccccc3)cccc12. The van der Waals surface area contributed by atoms with E-state index >= 15 is 0 Å². The van der Waals surface area contributed by atoms with Crippen LogP contribution in [0.15, 0.2) is 65.6 Å². The van der Waals surface area contributed by atoms with Crippen molar-refractivity contribution < 1.29 is 4.42 Å². The molecule has 0 aliphatic rings. The Kier molecular flexibility index (Phi) is 3.26. The van der Waals surface area contributed by atoms with E-state index in [1.807, 2.05) is 43.4 Å². The first-order valence-corrected chi connectivity index (χ1v) is 6.71. The van der Waals surface area contributed by atoms with Crippen LogP contribution in [0.2, 0.25) is 0 Å². The van der Waals surface area contributed by atoms with Crippen LogP contribution in [0.25, 0.3) is 34.2 Å². The van der Waals surface area contributed by atoms with E-state index in [0.29, 0.717) is 0 Å². The molecule has 0 saturated carbocycles. The highest BCUT2D eigenvalue weighted by atomic mass is 16.3. The maximum absolute atomic E-state index is 6.06. The van der Waals surface area contributed by atoms with Crippen LogP contribution in [0.3, 0.4) is 0 Å². The summed E-state index contributed by atoms with van der Waals surface area (Å²) in [6, 6.07) is 16.5. The summed E-state index contributed by atoms with van der Waals surface area (Å²) in [5, 5.41) is 1.11. The predicted octanol–water partition coefficient (Wildman–Crippen LogP) is 5.78. The summed E-state index contributed by atoms with van der Waals surface area (Å²) >= 11 is 0. The van der Waals surface area contributed by atoms with E-state index in [1.165, 1.54) is 0 Å². The number of benzene rings is 2. The third-order valence-corrected chi connectivity index (χ3v) is 3.39. The molecule has 0 radical (unpaired) electrons. The monoisotopic (exact) mass is 260 g/mol. The molecule has 98 valence electrons. The minimum Gasteiger partial charge on any atom is -0.455 e. The Morgan fingerprint density at radius 2 is 1.80 bits per heavy atom. The molecule has 20 heavy (non-hydrogen) atoms. The first-order chi connectivity index (χ1) is 9.85. The van der Waals surface area contributed by atoms with Crippen molar-refractivity contribution in [2.45, 2.75) is 6.92 Å². The van der Waals surface area contributed by atoms with Crippen molar-refractivity contribution in [3.8, 4) is 11.1 Å². The molecule has 0 atom stereocenters. The van der Waals surface area contributed by atoms with Gasteiger partial charge in [0.05, 0.1) is 0 Å². The number of hydrogen-bond donors (Lipinski definition) is 0. The highest BCUT2D eigenvalue weighted by molar-refractivity contribution is 5.99. The van der Waals surface area contributed by atoms with Crippen molar-refractivity contribution in [3.63, 3.8) is 0 Å². The standard InChI is InChI=1S/C19H16O/c1-3-9-18-15(4-2)17-13-8-12-16(19(17)20-18)14-10-6-5-7-11-14/h3-13H,2H2,1H3/b9-3-. The minimum atomic E-state index is 0.862. The van der Waals surface area contributed by atoms with Gasteiger partial charge in [-0.05, 0) is 18.6 Å². The Morgan fingerprint density at radius 3 is 2.50 bits per heavy atom. The van der Waals surface area contributed by atoms with Crippen molar-refractivity contribution in [1.29, 1.82) is 0 Å². The maximum atomic E-state index is 6.06. The molecule has 3 aromatic rings. The second kappa shape index (κ2) is 5.22. The molecule has 1 aromatic heterocycles. The molecule has 1 heteroatoms. The average Bonchev–Trinajstić information content (AvgIpc) is 2.85. The highest BCUT2D eigenvalue weighted by Gasteiger charge is 2.13. The van der Waals surface area contributed by atoms with Gasteiger partial charge in [-0.25, -0.2) is 0 Å². The molecule has 3 rings (SSSR count). The van der Waals surface area contributed by atoms with Gasteiger partial charge in [-0.15, -0.1) is 0 Å². The van der Waals surface area contributed by atoms with E-state index in [9.17, 15) is 0 Å². The normalized spacial score (nSPS) is 11.2. The average molecular weight is 260 g/mol. The number of rotatable bonds is 3. The summed E-state index contributed by atoms with van der Waals surface area (Å²) in [6.45, 7) is 5.89. The third-order valence-electron chi connectivity index (χ3n) is 3.39. The fraction of sp³-hybridized carbons (Fsp3) is 0.0526. The van der Waals surface area contributed by atoms with Gasteiger partial charge in [0.15, 0.2) is 0 Å². The van der Waals surface area contributed by atoms with Gasteiger partial charge in [0.25, 0.3) is 0 Å². The molecule has 0 unspecified atom stereocenters. The summed E-state index contributed by atoms with van der Waals surface area (Å²) in [5.74, 6) is 0.862. The molecule has 2 aromatic carbocycles. The van der Waals surface area contributed by atoms with E-state index in [2.05, 4.69) is 36.9 Å². The van der Waals surface area contributed by atoms with E-state index in [4.69, 9.17) is 4.42 Å². The number of allylic oxidation sites excluding steroid dienone is 1. The van der Waals surface area contributed by atoms with Gasteiger partial charge in [0.2, 0.25) is 0 Å². The molecule has 0 saturated heterocycles. The van der Waals surface area contributed by atoms with Crippen LogP contribution in [0, 0.1) is 0 Å². The number of furan rings is 1. The maximum Gasteiger partial charge on any atom is 0.143 e. The topological polar surface area (TPSA) is 13.1 Å². The largest absolute Gasteiger partial charge is 0.455 e. The predicted molar refractivity (Wildman–Crippen MR) is 86.4 cm³/mol. The Morgan fingerprint density at radius 1 is 1.00 bits per heavy atom. The zero-order valence-corrected chi connectivity index (χ0v) is 11.5. The second-order valence-electron chi connectivity index (χ2n) is 4.63. The highest BCUT2D eigenvalue weighted by Crippen LogP contribution is 2.35. The third kappa shape index (κ3) is 1.97. The van der Waals surface area contributed by atoms with Crippen molar-refractivity contribution in [2.24, 2.45) is 0 Å². The van der Waals surface area contributed by atoms with Crippen LogP contribution >= 0.6 is 0 Å². The lowest BCUT2D eigenvalue weighted by Crippen LogP contribution is -1.78. The minimum absolute atomic E-state index is 0.862. The van der Waals surface area contributed by atoms with Gasteiger partial charge >= 0.3 is 0 Å². The van der Waals surface area contributed by atoms with Gasteiger partial charge in [-0.3, -0.25) is 0 Å². The van der Waals surface area contributed by atoms with E-state index < -0.39 is 0 Å². The molecule has 1 heterocycles. The van der Waals surface area contributed by atoms with Gasteiger partial charge in [0.1, 0.15) is 11.3 Å². The zero-order chi connectivity index (χ0) is 13.9. The first kappa shape index (κ1) is 12.5. The summed E-state index contributed by atoms with van der Waals surface area (Å²) in [7, 11) is 0. The van der Waals surface area contributed by atoms with E-state index in [-0.39, 0.29) is 0 Å². The lowest BCUT2D eigenvalue weighted by atomic mass is 10.0. The molecular formula is C19H16O. The van der Waals surface area contributed by atoms with Gasteiger partial charge in [-0.1, -0.05) is 67.3 Å². The quantitative estimate of drug-likeness (QED) is 0.582. The van der Waals surface area contributed by atoms with Crippen LogP contribution in [-0.4, -0.2) is 0 Å². The molecule has 0 aliphatic heterocycles. The molecule has 0 bridgehead atoms. The Bertz CT molecular complexity index is 776. The van der Waals surface area contributed by atoms with Gasteiger partial charge in [-0.2, -0.15) is 0 Å². The van der Waals surface area contributed by atoms with Crippen molar-refractivity contribution in [3.05, 3.63) is 72.5 Å². The Hall–Kier alpha value is -2.54. The summed E-state index contributed by atoms with van der Waals surface area (Å²) in [6.07, 6.45) is 5.81. The van der Waals surface area contributed by atoms with Crippen LogP contribution in [0.1, 0.15) is 18.2 Å². The van der Waals surface area contributed by atoms with Crippen LogP contribution in [0.4, 0.5) is 0 Å². The van der Waals surface area contributed by atoms with Crippen molar-refractivity contribution in [1.82, 2.24) is 0 Å². The van der Waals surface area contributed by atoms with Crippen LogP contribution in [-0.2, 0) is 0 Å². The Labute approximate surface area is 118 Å². The molecule has 0 spiro atoms. The zero-order valence-electron chi connectivity index (χ0n) is 11.5. The number of hydrogen-bond acceptors (Lipinski definition) is 1. The fourth-order valence-electron chi connectivity index (χ4n) is 2.49. The summed E-state index contributed by atoms with van der Waals surface area (Å²) < 4.78 is 6.06. The smallest absolute Gasteiger partial charge is 0.143 e. The number of fused-ring (bicyclic) bond motifs is 1. The molecule has 0 aliphatic carbocycles. The Balaban J connectivity index is 2.33. The molecule has 0 N–H and O–H groups in total. The van der Waals surface area contributed by atoms with E-state index in [1.54, 1.807) is 0 Å². The van der Waals surface area contributed by atoms with Crippen molar-refractivity contribution in [2.75, 3.05) is 0 Å². The van der Waals surface area contributed by atoms with Gasteiger partial charge < -0.3 is 4.42 Å². The molecule has 0 fully saturated rings. The van der Waals surface area contributed by atoms with Crippen molar-refractivity contribution >= 4 is 23.1 Å². The number of para-hydroxylation sites is 1. The van der Waals surface area contributed by atoms with Crippen LogP contribution < -0.4 is 0 Å². The second-order valence-corrected chi connectivity index (χ2v) is 4.63. The summed E-state index contributed by atoms with van der Waals surface area (Å²) in [4.78, 5) is 0. The lowest BCUT2D eigenvalue weighted by Gasteiger charge is -2.01. The molecular weight excluding hydrogens is 244 g/mol.